The fourth-order valence-electron chi connectivity index (χ4n) is 1.80. The van der Waals surface area contributed by atoms with E-state index >= 15 is 0 Å². The minimum atomic E-state index is -0.0993. The fraction of sp³-hybridized carbons (Fsp3) is 0.267. The molecule has 20 heavy (non-hydrogen) atoms. The first kappa shape index (κ1) is 14.9. The SMILES string of the molecule is Cc1ccsc1CN(C)C(=O)NCc1ccccc1Cl. The van der Waals surface area contributed by atoms with Crippen LogP contribution in [0.4, 0.5) is 4.79 Å². The Hall–Kier alpha value is -1.52. The molecule has 1 aromatic carbocycles. The Kier molecular flexibility index (Phi) is 5.04. The molecular weight excluding hydrogens is 292 g/mol. The molecular formula is C15H17ClN2OS. The number of benzene rings is 1. The summed E-state index contributed by atoms with van der Waals surface area (Å²) in [5, 5.41) is 5.59. The van der Waals surface area contributed by atoms with Crippen LogP contribution in [0.5, 0.6) is 0 Å². The summed E-state index contributed by atoms with van der Waals surface area (Å²) in [7, 11) is 1.79. The van der Waals surface area contributed by atoms with Gasteiger partial charge in [0.2, 0.25) is 0 Å². The van der Waals surface area contributed by atoms with E-state index in [9.17, 15) is 4.79 Å². The minimum absolute atomic E-state index is 0.0993. The van der Waals surface area contributed by atoms with Gasteiger partial charge in [-0.3, -0.25) is 0 Å². The number of hydrogen-bond donors (Lipinski definition) is 1. The molecule has 106 valence electrons. The minimum Gasteiger partial charge on any atom is -0.334 e. The molecule has 1 aromatic heterocycles. The second-order valence-corrected chi connectivity index (χ2v) is 6.04. The molecule has 3 nitrogen and oxygen atoms in total. The van der Waals surface area contributed by atoms with Crippen molar-refractivity contribution in [2.75, 3.05) is 7.05 Å². The largest absolute Gasteiger partial charge is 0.334 e. The first-order valence-corrected chi connectivity index (χ1v) is 7.59. The van der Waals surface area contributed by atoms with Crippen molar-refractivity contribution in [1.29, 1.82) is 0 Å². The quantitative estimate of drug-likeness (QED) is 0.908. The van der Waals surface area contributed by atoms with Crippen LogP contribution in [0.2, 0.25) is 5.02 Å². The molecule has 0 bridgehead atoms. The van der Waals surface area contributed by atoms with E-state index in [2.05, 4.69) is 18.3 Å². The number of rotatable bonds is 4. The summed E-state index contributed by atoms with van der Waals surface area (Å²) in [5.41, 5.74) is 2.14. The van der Waals surface area contributed by atoms with Crippen LogP contribution in [0.3, 0.4) is 0 Å². The van der Waals surface area contributed by atoms with E-state index in [1.54, 1.807) is 23.3 Å². The standard InChI is InChI=1S/C15H17ClN2OS/c1-11-7-8-20-14(11)10-18(2)15(19)17-9-12-5-3-4-6-13(12)16/h3-8H,9-10H2,1-2H3,(H,17,19). The Morgan fingerprint density at radius 1 is 1.35 bits per heavy atom. The van der Waals surface area contributed by atoms with Crippen molar-refractivity contribution in [3.05, 3.63) is 56.7 Å². The predicted octanol–water partition coefficient (Wildman–Crippen LogP) is 4.05. The van der Waals surface area contributed by atoms with E-state index < -0.39 is 0 Å². The Bertz CT molecular complexity index is 597. The molecule has 0 saturated carbocycles. The molecule has 1 heterocycles. The van der Waals surface area contributed by atoms with Gasteiger partial charge < -0.3 is 10.2 Å². The lowest BCUT2D eigenvalue weighted by Gasteiger charge is -2.18. The van der Waals surface area contributed by atoms with Gasteiger partial charge in [0.15, 0.2) is 0 Å². The van der Waals surface area contributed by atoms with Crippen molar-refractivity contribution in [2.45, 2.75) is 20.0 Å². The number of carbonyl (C=O) groups is 1. The van der Waals surface area contributed by atoms with Crippen molar-refractivity contribution in [2.24, 2.45) is 0 Å². The highest BCUT2D eigenvalue weighted by Gasteiger charge is 2.11. The van der Waals surface area contributed by atoms with Gasteiger partial charge >= 0.3 is 6.03 Å². The van der Waals surface area contributed by atoms with Gasteiger partial charge in [-0.2, -0.15) is 0 Å². The van der Waals surface area contributed by atoms with Crippen LogP contribution in [-0.2, 0) is 13.1 Å². The first-order valence-electron chi connectivity index (χ1n) is 6.33. The van der Waals surface area contributed by atoms with Crippen molar-refractivity contribution < 1.29 is 4.79 Å². The highest BCUT2D eigenvalue weighted by atomic mass is 35.5. The first-order chi connectivity index (χ1) is 9.58. The van der Waals surface area contributed by atoms with Crippen molar-refractivity contribution in [3.8, 4) is 0 Å². The lowest BCUT2D eigenvalue weighted by Crippen LogP contribution is -2.36. The molecule has 0 unspecified atom stereocenters. The lowest BCUT2D eigenvalue weighted by atomic mass is 10.2. The summed E-state index contributed by atoms with van der Waals surface area (Å²) >= 11 is 7.73. The number of carbonyl (C=O) groups excluding carboxylic acids is 1. The number of thiophene rings is 1. The van der Waals surface area contributed by atoms with Crippen LogP contribution < -0.4 is 5.32 Å². The molecule has 0 aliphatic heterocycles. The molecule has 2 rings (SSSR count). The van der Waals surface area contributed by atoms with Gasteiger partial charge in [-0.15, -0.1) is 11.3 Å². The number of nitrogens with one attached hydrogen (secondary N) is 1. The normalized spacial score (nSPS) is 10.3. The third-order valence-electron chi connectivity index (χ3n) is 3.08. The number of urea groups is 1. The zero-order valence-corrected chi connectivity index (χ0v) is 13.1. The molecule has 1 N–H and O–H groups in total. The van der Waals surface area contributed by atoms with E-state index in [1.807, 2.05) is 29.6 Å². The Morgan fingerprint density at radius 2 is 2.10 bits per heavy atom. The number of amides is 2. The highest BCUT2D eigenvalue weighted by Crippen LogP contribution is 2.17. The summed E-state index contributed by atoms with van der Waals surface area (Å²) in [6.07, 6.45) is 0. The maximum absolute atomic E-state index is 12.0. The van der Waals surface area contributed by atoms with Gasteiger partial charge in [-0.05, 0) is 35.6 Å². The van der Waals surface area contributed by atoms with E-state index in [-0.39, 0.29) is 6.03 Å². The third-order valence-corrected chi connectivity index (χ3v) is 4.46. The van der Waals surface area contributed by atoms with Gasteiger partial charge in [0.1, 0.15) is 0 Å². The average Bonchev–Trinajstić information content (AvgIpc) is 2.83. The highest BCUT2D eigenvalue weighted by molar-refractivity contribution is 7.10. The van der Waals surface area contributed by atoms with Gasteiger partial charge in [0.05, 0.1) is 6.54 Å². The summed E-state index contributed by atoms with van der Waals surface area (Å²) in [6, 6.07) is 9.48. The molecule has 5 heteroatoms. The summed E-state index contributed by atoms with van der Waals surface area (Å²) in [6.45, 7) is 3.12. The zero-order valence-electron chi connectivity index (χ0n) is 11.5. The van der Waals surface area contributed by atoms with E-state index in [0.29, 0.717) is 18.1 Å². The molecule has 0 radical (unpaired) electrons. The van der Waals surface area contributed by atoms with Gasteiger partial charge in [0.25, 0.3) is 0 Å². The molecule has 0 saturated heterocycles. The van der Waals surface area contributed by atoms with Gasteiger partial charge in [-0.1, -0.05) is 29.8 Å². The molecule has 0 aliphatic rings. The van der Waals surface area contributed by atoms with Crippen LogP contribution in [0.15, 0.2) is 35.7 Å². The Balaban J connectivity index is 1.89. The second-order valence-electron chi connectivity index (χ2n) is 4.63. The zero-order chi connectivity index (χ0) is 14.5. The summed E-state index contributed by atoms with van der Waals surface area (Å²) in [5.74, 6) is 0. The summed E-state index contributed by atoms with van der Waals surface area (Å²) in [4.78, 5) is 14.9. The monoisotopic (exact) mass is 308 g/mol. The molecule has 0 fully saturated rings. The summed E-state index contributed by atoms with van der Waals surface area (Å²) < 4.78 is 0. The van der Waals surface area contributed by atoms with E-state index in [0.717, 1.165) is 5.56 Å². The van der Waals surface area contributed by atoms with Crippen LogP contribution >= 0.6 is 22.9 Å². The number of aryl methyl sites for hydroxylation is 1. The molecule has 0 spiro atoms. The molecule has 0 atom stereocenters. The van der Waals surface area contributed by atoms with Gasteiger partial charge in [-0.25, -0.2) is 4.79 Å². The Labute approximate surface area is 128 Å². The fourth-order valence-corrected chi connectivity index (χ4v) is 2.96. The van der Waals surface area contributed by atoms with Crippen LogP contribution in [0, 0.1) is 6.92 Å². The van der Waals surface area contributed by atoms with Crippen molar-refractivity contribution in [1.82, 2.24) is 10.2 Å². The maximum atomic E-state index is 12.0. The maximum Gasteiger partial charge on any atom is 0.317 e. The smallest absolute Gasteiger partial charge is 0.317 e. The van der Waals surface area contributed by atoms with Crippen LogP contribution in [0.25, 0.3) is 0 Å². The number of halogens is 1. The Morgan fingerprint density at radius 3 is 2.75 bits per heavy atom. The van der Waals surface area contributed by atoms with E-state index in [1.165, 1.54) is 10.4 Å². The average molecular weight is 309 g/mol. The number of nitrogens with zero attached hydrogens (tertiary/aromatic N) is 1. The molecule has 2 amide bonds. The molecule has 2 aromatic rings. The lowest BCUT2D eigenvalue weighted by molar-refractivity contribution is 0.207. The topological polar surface area (TPSA) is 32.3 Å². The number of hydrogen-bond acceptors (Lipinski definition) is 2. The molecule has 0 aliphatic carbocycles. The van der Waals surface area contributed by atoms with Crippen molar-refractivity contribution >= 4 is 29.0 Å². The second kappa shape index (κ2) is 6.77. The van der Waals surface area contributed by atoms with Crippen molar-refractivity contribution in [3.63, 3.8) is 0 Å². The van der Waals surface area contributed by atoms with Crippen LogP contribution in [-0.4, -0.2) is 18.0 Å². The predicted molar refractivity (Wildman–Crippen MR) is 84.2 cm³/mol. The third kappa shape index (κ3) is 3.74. The van der Waals surface area contributed by atoms with Crippen LogP contribution in [0.1, 0.15) is 16.0 Å². The van der Waals surface area contributed by atoms with E-state index in [4.69, 9.17) is 11.6 Å². The van der Waals surface area contributed by atoms with Gasteiger partial charge in [0, 0.05) is 23.5 Å².